The molecule has 0 radical (unpaired) electrons. The van der Waals surface area contributed by atoms with Crippen LogP contribution in [0.15, 0.2) is 46.9 Å². The summed E-state index contributed by atoms with van der Waals surface area (Å²) in [5, 5.41) is 0. The summed E-state index contributed by atoms with van der Waals surface area (Å²) in [6, 6.07) is 12.3. The van der Waals surface area contributed by atoms with Gasteiger partial charge in [0.15, 0.2) is 5.78 Å². The lowest BCUT2D eigenvalue weighted by molar-refractivity contribution is 0.0992. The van der Waals surface area contributed by atoms with Crippen molar-refractivity contribution in [3.8, 4) is 0 Å². The van der Waals surface area contributed by atoms with Gasteiger partial charge in [0.1, 0.15) is 5.82 Å². The lowest BCUT2D eigenvalue weighted by Crippen LogP contribution is -2.05. The first-order valence-corrected chi connectivity index (χ1v) is 7.33. The van der Waals surface area contributed by atoms with Gasteiger partial charge in [0, 0.05) is 16.5 Å². The SMILES string of the molecule is CC(C)c1ccc(C(=O)Cc2ccc(Br)cc2F)cc1. The smallest absolute Gasteiger partial charge is 0.167 e. The summed E-state index contributed by atoms with van der Waals surface area (Å²) in [5.41, 5.74) is 2.24. The lowest BCUT2D eigenvalue weighted by Gasteiger charge is -2.07. The molecule has 0 bridgehead atoms. The van der Waals surface area contributed by atoms with Crippen LogP contribution in [0.3, 0.4) is 0 Å². The quantitative estimate of drug-likeness (QED) is 0.707. The van der Waals surface area contributed by atoms with E-state index in [9.17, 15) is 9.18 Å². The summed E-state index contributed by atoms with van der Waals surface area (Å²) in [4.78, 5) is 12.2. The van der Waals surface area contributed by atoms with E-state index >= 15 is 0 Å². The van der Waals surface area contributed by atoms with Crippen LogP contribution in [0.1, 0.15) is 41.3 Å². The molecule has 0 aliphatic carbocycles. The maximum absolute atomic E-state index is 13.7. The fourth-order valence-electron chi connectivity index (χ4n) is 1.99. The van der Waals surface area contributed by atoms with Crippen LogP contribution in [-0.4, -0.2) is 5.78 Å². The maximum Gasteiger partial charge on any atom is 0.167 e. The molecule has 2 aromatic carbocycles. The molecule has 0 heterocycles. The zero-order valence-corrected chi connectivity index (χ0v) is 13.1. The molecule has 3 heteroatoms. The van der Waals surface area contributed by atoms with E-state index in [4.69, 9.17) is 0 Å². The Morgan fingerprint density at radius 1 is 1.15 bits per heavy atom. The number of ketones is 1. The van der Waals surface area contributed by atoms with Gasteiger partial charge in [-0.15, -0.1) is 0 Å². The number of carbonyl (C=O) groups is 1. The molecule has 0 aliphatic heterocycles. The second kappa shape index (κ2) is 6.31. The van der Waals surface area contributed by atoms with Gasteiger partial charge in [-0.25, -0.2) is 4.39 Å². The summed E-state index contributed by atoms with van der Waals surface area (Å²) >= 11 is 3.20. The van der Waals surface area contributed by atoms with Crippen molar-refractivity contribution in [2.45, 2.75) is 26.2 Å². The predicted octanol–water partition coefficient (Wildman–Crippen LogP) is 5.14. The molecule has 0 saturated heterocycles. The molecule has 0 fully saturated rings. The van der Waals surface area contributed by atoms with E-state index in [0.717, 1.165) is 0 Å². The standard InChI is InChI=1S/C17H16BrFO/c1-11(2)12-3-5-13(6-4-12)17(20)9-14-7-8-15(18)10-16(14)19/h3-8,10-11H,9H2,1-2H3. The number of benzene rings is 2. The summed E-state index contributed by atoms with van der Waals surface area (Å²) in [6.45, 7) is 4.21. The molecule has 0 aromatic heterocycles. The topological polar surface area (TPSA) is 17.1 Å². The monoisotopic (exact) mass is 334 g/mol. The first-order chi connectivity index (χ1) is 9.47. The van der Waals surface area contributed by atoms with Crippen molar-refractivity contribution < 1.29 is 9.18 Å². The van der Waals surface area contributed by atoms with Gasteiger partial charge in [-0.1, -0.05) is 60.1 Å². The zero-order valence-electron chi connectivity index (χ0n) is 11.5. The van der Waals surface area contributed by atoms with E-state index < -0.39 is 0 Å². The van der Waals surface area contributed by atoms with Crippen LogP contribution in [0.2, 0.25) is 0 Å². The largest absolute Gasteiger partial charge is 0.294 e. The fraction of sp³-hybridized carbons (Fsp3) is 0.235. The molecule has 0 unspecified atom stereocenters. The highest BCUT2D eigenvalue weighted by Crippen LogP contribution is 2.19. The van der Waals surface area contributed by atoms with Crippen molar-refractivity contribution in [3.63, 3.8) is 0 Å². The summed E-state index contributed by atoms with van der Waals surface area (Å²) in [6.07, 6.45) is 0.0835. The highest BCUT2D eigenvalue weighted by Gasteiger charge is 2.11. The number of hydrogen-bond acceptors (Lipinski definition) is 1. The van der Waals surface area contributed by atoms with E-state index in [1.807, 2.05) is 24.3 Å². The third-order valence-corrected chi connectivity index (χ3v) is 3.76. The number of rotatable bonds is 4. The molecule has 0 N–H and O–H groups in total. The van der Waals surface area contributed by atoms with Gasteiger partial charge in [0.05, 0.1) is 0 Å². The van der Waals surface area contributed by atoms with Gasteiger partial charge in [-0.05, 0) is 29.2 Å². The normalized spacial score (nSPS) is 10.8. The van der Waals surface area contributed by atoms with Gasteiger partial charge in [0.25, 0.3) is 0 Å². The Labute approximate surface area is 127 Å². The molecule has 0 spiro atoms. The van der Waals surface area contributed by atoms with Crippen LogP contribution in [0.4, 0.5) is 4.39 Å². The minimum atomic E-state index is -0.355. The molecular formula is C17H16BrFO. The predicted molar refractivity (Wildman–Crippen MR) is 82.7 cm³/mol. The Morgan fingerprint density at radius 3 is 2.35 bits per heavy atom. The molecule has 2 rings (SSSR count). The van der Waals surface area contributed by atoms with Crippen LogP contribution in [0.5, 0.6) is 0 Å². The average molecular weight is 335 g/mol. The molecule has 104 valence electrons. The Hall–Kier alpha value is -1.48. The van der Waals surface area contributed by atoms with Crippen LogP contribution in [0.25, 0.3) is 0 Å². The van der Waals surface area contributed by atoms with Crippen molar-refractivity contribution in [3.05, 3.63) is 69.4 Å². The van der Waals surface area contributed by atoms with Crippen molar-refractivity contribution in [1.29, 1.82) is 0 Å². The van der Waals surface area contributed by atoms with Gasteiger partial charge >= 0.3 is 0 Å². The van der Waals surface area contributed by atoms with Gasteiger partial charge < -0.3 is 0 Å². The second-order valence-corrected chi connectivity index (χ2v) is 6.03. The third-order valence-electron chi connectivity index (χ3n) is 3.27. The fourth-order valence-corrected chi connectivity index (χ4v) is 2.33. The van der Waals surface area contributed by atoms with E-state index in [1.165, 1.54) is 11.6 Å². The molecule has 1 nitrogen and oxygen atoms in total. The lowest BCUT2D eigenvalue weighted by atomic mass is 9.98. The Balaban J connectivity index is 2.15. The third kappa shape index (κ3) is 3.54. The summed E-state index contributed by atoms with van der Waals surface area (Å²) in [7, 11) is 0. The Bertz CT molecular complexity index is 617. The second-order valence-electron chi connectivity index (χ2n) is 5.11. The van der Waals surface area contributed by atoms with Crippen molar-refractivity contribution in [2.24, 2.45) is 0 Å². The summed E-state index contributed by atoms with van der Waals surface area (Å²) in [5.74, 6) is 0.0103. The highest BCUT2D eigenvalue weighted by molar-refractivity contribution is 9.10. The average Bonchev–Trinajstić information content (AvgIpc) is 2.42. The van der Waals surface area contributed by atoms with Crippen LogP contribution in [0, 0.1) is 5.82 Å². The number of Topliss-reactive ketones (excluding diaryl/α,β-unsaturated/α-hetero) is 1. The maximum atomic E-state index is 13.7. The van der Waals surface area contributed by atoms with Gasteiger partial charge in [-0.3, -0.25) is 4.79 Å². The van der Waals surface area contributed by atoms with E-state index in [-0.39, 0.29) is 18.0 Å². The molecule has 20 heavy (non-hydrogen) atoms. The van der Waals surface area contributed by atoms with Crippen molar-refractivity contribution in [1.82, 2.24) is 0 Å². The highest BCUT2D eigenvalue weighted by atomic mass is 79.9. The van der Waals surface area contributed by atoms with Gasteiger partial charge in [0.2, 0.25) is 0 Å². The van der Waals surface area contributed by atoms with Crippen molar-refractivity contribution in [2.75, 3.05) is 0 Å². The Kier molecular flexibility index (Phi) is 4.71. The number of carbonyl (C=O) groups excluding carboxylic acids is 1. The molecule has 0 saturated carbocycles. The molecule has 0 amide bonds. The Morgan fingerprint density at radius 2 is 1.80 bits per heavy atom. The summed E-state index contributed by atoms with van der Waals surface area (Å²) < 4.78 is 14.4. The molecule has 0 atom stereocenters. The first-order valence-electron chi connectivity index (χ1n) is 6.54. The van der Waals surface area contributed by atoms with E-state index in [0.29, 0.717) is 21.5 Å². The minimum absolute atomic E-state index is 0.0680. The van der Waals surface area contributed by atoms with Crippen LogP contribution < -0.4 is 0 Å². The van der Waals surface area contributed by atoms with Crippen molar-refractivity contribution >= 4 is 21.7 Å². The molecular weight excluding hydrogens is 319 g/mol. The van der Waals surface area contributed by atoms with Crippen LogP contribution in [-0.2, 0) is 6.42 Å². The number of hydrogen-bond donors (Lipinski definition) is 0. The van der Waals surface area contributed by atoms with Gasteiger partial charge in [-0.2, -0.15) is 0 Å². The number of halogens is 2. The van der Waals surface area contributed by atoms with E-state index in [2.05, 4.69) is 29.8 Å². The molecule has 2 aromatic rings. The zero-order chi connectivity index (χ0) is 14.7. The first kappa shape index (κ1) is 14.9. The van der Waals surface area contributed by atoms with E-state index in [1.54, 1.807) is 12.1 Å². The molecule has 0 aliphatic rings. The minimum Gasteiger partial charge on any atom is -0.294 e. The van der Waals surface area contributed by atoms with Crippen LogP contribution >= 0.6 is 15.9 Å².